The monoisotopic (exact) mass is 331 g/mol. The maximum absolute atomic E-state index is 11.3. The summed E-state index contributed by atoms with van der Waals surface area (Å²) in [6.45, 7) is 2.13. The number of hydroxylamine groups is 1. The van der Waals surface area contributed by atoms with Crippen LogP contribution in [0.15, 0.2) is 12.2 Å². The number of unbranched alkanes of at least 4 members (excludes halogenated alkanes) is 5. The lowest BCUT2D eigenvalue weighted by atomic mass is 10.1. The Labute approximate surface area is 135 Å². The van der Waals surface area contributed by atoms with Gasteiger partial charge in [0.1, 0.15) is 0 Å². The summed E-state index contributed by atoms with van der Waals surface area (Å²) in [7, 11) is 0. The maximum Gasteiger partial charge on any atom is 0.345 e. The molecule has 0 aromatic rings. The molecule has 0 aliphatic rings. The van der Waals surface area contributed by atoms with Gasteiger partial charge < -0.3 is 4.89 Å². The van der Waals surface area contributed by atoms with E-state index < -0.39 is 17.8 Å². The average molecular weight is 331 g/mol. The molecule has 0 spiro atoms. The summed E-state index contributed by atoms with van der Waals surface area (Å²) in [5.74, 6) is -1.95. The molecule has 8 nitrogen and oxygen atoms in total. The Morgan fingerprint density at radius 2 is 1.70 bits per heavy atom. The summed E-state index contributed by atoms with van der Waals surface area (Å²) in [4.78, 5) is 45.2. The van der Waals surface area contributed by atoms with Crippen LogP contribution in [0.1, 0.15) is 64.7 Å². The second kappa shape index (κ2) is 15.0. The highest BCUT2D eigenvalue weighted by atomic mass is 17.3. The van der Waals surface area contributed by atoms with Gasteiger partial charge in [-0.3, -0.25) is 9.68 Å². The van der Waals surface area contributed by atoms with Crippen molar-refractivity contribution in [1.82, 2.24) is 5.48 Å². The van der Waals surface area contributed by atoms with Crippen LogP contribution < -0.4 is 5.48 Å². The molecule has 0 unspecified atom stereocenters. The van der Waals surface area contributed by atoms with Crippen LogP contribution in [0.4, 0.5) is 0 Å². The molecular formula is C15H25NO7. The Hall–Kier alpha value is -1.93. The van der Waals surface area contributed by atoms with Crippen LogP contribution in [0.25, 0.3) is 0 Å². The molecule has 1 amide bonds. The summed E-state index contributed by atoms with van der Waals surface area (Å²) in [6.07, 6.45) is 9.11. The first-order valence-electron chi connectivity index (χ1n) is 7.77. The lowest BCUT2D eigenvalue weighted by molar-refractivity contribution is -0.301. The Balaban J connectivity index is 3.53. The van der Waals surface area contributed by atoms with Crippen molar-refractivity contribution >= 4 is 17.8 Å². The molecule has 0 aromatic heterocycles. The van der Waals surface area contributed by atoms with E-state index in [0.717, 1.165) is 25.7 Å². The van der Waals surface area contributed by atoms with Gasteiger partial charge in [0, 0.05) is 18.9 Å². The van der Waals surface area contributed by atoms with Crippen LogP contribution in [0, 0.1) is 0 Å². The van der Waals surface area contributed by atoms with Crippen LogP contribution >= 0.6 is 0 Å². The number of hydrogen-bond acceptors (Lipinski definition) is 7. The SMILES string of the molecule is CCCCCCC=CC(=O)NOOC(=O)CCCCC(=O)OO. The van der Waals surface area contributed by atoms with Gasteiger partial charge in [-0.1, -0.05) is 37.3 Å². The van der Waals surface area contributed by atoms with Crippen molar-refractivity contribution in [2.24, 2.45) is 0 Å². The minimum atomic E-state index is -0.761. The fraction of sp³-hybridized carbons (Fsp3) is 0.667. The highest BCUT2D eigenvalue weighted by Gasteiger charge is 2.07. The van der Waals surface area contributed by atoms with Crippen molar-refractivity contribution in [3.63, 3.8) is 0 Å². The normalized spacial score (nSPS) is 10.5. The zero-order chi connectivity index (χ0) is 17.3. The zero-order valence-electron chi connectivity index (χ0n) is 13.4. The summed E-state index contributed by atoms with van der Waals surface area (Å²) in [5, 5.41) is 8.02. The van der Waals surface area contributed by atoms with Crippen LogP contribution in [0.5, 0.6) is 0 Å². The molecule has 0 radical (unpaired) electrons. The van der Waals surface area contributed by atoms with Crippen LogP contribution in [-0.2, 0) is 29.1 Å². The molecule has 0 heterocycles. The number of carbonyl (C=O) groups is 3. The van der Waals surface area contributed by atoms with E-state index in [1.807, 2.05) is 5.48 Å². The van der Waals surface area contributed by atoms with Gasteiger partial charge in [-0.25, -0.2) is 9.59 Å². The quantitative estimate of drug-likeness (QED) is 0.231. The van der Waals surface area contributed by atoms with Crippen molar-refractivity contribution in [2.45, 2.75) is 64.7 Å². The lowest BCUT2D eigenvalue weighted by Crippen LogP contribution is -2.23. The molecule has 0 aliphatic carbocycles. The Bertz CT molecular complexity index is 382. The maximum atomic E-state index is 11.3. The first-order valence-corrected chi connectivity index (χ1v) is 7.77. The fourth-order valence-electron chi connectivity index (χ4n) is 1.65. The van der Waals surface area contributed by atoms with Crippen LogP contribution in [0.2, 0.25) is 0 Å². The summed E-state index contributed by atoms with van der Waals surface area (Å²) in [6, 6.07) is 0. The van der Waals surface area contributed by atoms with E-state index in [1.165, 1.54) is 12.5 Å². The molecule has 0 bridgehead atoms. The lowest BCUT2D eigenvalue weighted by Gasteiger charge is -2.02. The van der Waals surface area contributed by atoms with E-state index in [1.54, 1.807) is 6.08 Å². The van der Waals surface area contributed by atoms with Gasteiger partial charge in [0.25, 0.3) is 5.91 Å². The van der Waals surface area contributed by atoms with E-state index in [-0.39, 0.29) is 12.8 Å². The summed E-state index contributed by atoms with van der Waals surface area (Å²) in [5.41, 5.74) is 1.96. The smallest absolute Gasteiger partial charge is 0.301 e. The first kappa shape index (κ1) is 21.1. The van der Waals surface area contributed by atoms with Gasteiger partial charge in [-0.15, -0.1) is 0 Å². The highest BCUT2D eigenvalue weighted by molar-refractivity contribution is 5.86. The number of allylic oxidation sites excluding steroid dienone is 1. The van der Waals surface area contributed by atoms with Crippen molar-refractivity contribution in [3.8, 4) is 0 Å². The second-order valence-corrected chi connectivity index (χ2v) is 4.93. The van der Waals surface area contributed by atoms with Gasteiger partial charge in [0.05, 0.1) is 0 Å². The number of carbonyl (C=O) groups excluding carboxylic acids is 3. The van der Waals surface area contributed by atoms with Gasteiger partial charge in [0.15, 0.2) is 0 Å². The number of nitrogens with one attached hydrogen (secondary N) is 1. The molecule has 23 heavy (non-hydrogen) atoms. The molecule has 0 atom stereocenters. The largest absolute Gasteiger partial charge is 0.345 e. The van der Waals surface area contributed by atoms with Crippen LogP contribution in [0.3, 0.4) is 0 Å². The molecule has 8 heteroatoms. The first-order chi connectivity index (χ1) is 11.1. The van der Waals surface area contributed by atoms with E-state index in [0.29, 0.717) is 12.8 Å². The molecule has 0 saturated carbocycles. The third-order valence-corrected chi connectivity index (χ3v) is 2.88. The zero-order valence-corrected chi connectivity index (χ0v) is 13.4. The molecule has 2 N–H and O–H groups in total. The second-order valence-electron chi connectivity index (χ2n) is 4.93. The molecular weight excluding hydrogens is 306 g/mol. The van der Waals surface area contributed by atoms with E-state index in [9.17, 15) is 14.4 Å². The molecule has 0 aliphatic heterocycles. The number of rotatable bonds is 13. The minimum Gasteiger partial charge on any atom is -0.301 e. The van der Waals surface area contributed by atoms with E-state index in [4.69, 9.17) is 5.26 Å². The molecule has 0 rings (SSSR count). The number of amides is 1. The van der Waals surface area contributed by atoms with Crippen molar-refractivity contribution in [2.75, 3.05) is 0 Å². The molecule has 132 valence electrons. The Morgan fingerprint density at radius 1 is 1.00 bits per heavy atom. The Kier molecular flexibility index (Phi) is 13.7. The third kappa shape index (κ3) is 14.8. The molecule has 0 fully saturated rings. The Morgan fingerprint density at radius 3 is 2.35 bits per heavy atom. The topological polar surface area (TPSA) is 111 Å². The predicted molar refractivity (Wildman–Crippen MR) is 80.4 cm³/mol. The van der Waals surface area contributed by atoms with E-state index >= 15 is 0 Å². The average Bonchev–Trinajstić information content (AvgIpc) is 2.54. The van der Waals surface area contributed by atoms with Gasteiger partial charge in [0.2, 0.25) is 0 Å². The standard InChI is InChI=1S/C15H25NO7/c1-2-3-4-5-6-7-10-13(17)16-23-22-15(19)12-9-8-11-14(18)21-20/h7,10,20H,2-6,8-9,11-12H2,1H3,(H,16,17). The van der Waals surface area contributed by atoms with Gasteiger partial charge in [-0.05, 0) is 25.7 Å². The van der Waals surface area contributed by atoms with Crippen LogP contribution in [-0.4, -0.2) is 23.1 Å². The molecule has 0 saturated heterocycles. The predicted octanol–water partition coefficient (Wildman–Crippen LogP) is 2.60. The third-order valence-electron chi connectivity index (χ3n) is 2.88. The van der Waals surface area contributed by atoms with E-state index in [2.05, 4.69) is 21.7 Å². The van der Waals surface area contributed by atoms with Crippen molar-refractivity contribution in [1.29, 1.82) is 0 Å². The van der Waals surface area contributed by atoms with Gasteiger partial charge in [-0.2, -0.15) is 10.7 Å². The summed E-state index contributed by atoms with van der Waals surface area (Å²) >= 11 is 0. The van der Waals surface area contributed by atoms with Crippen molar-refractivity contribution in [3.05, 3.63) is 12.2 Å². The minimum absolute atomic E-state index is 0.00439. The summed E-state index contributed by atoms with van der Waals surface area (Å²) < 4.78 is 0. The van der Waals surface area contributed by atoms with Gasteiger partial charge >= 0.3 is 11.9 Å². The highest BCUT2D eigenvalue weighted by Crippen LogP contribution is 2.03. The number of hydrogen-bond donors (Lipinski definition) is 2. The van der Waals surface area contributed by atoms with Crippen molar-refractivity contribution < 1.29 is 34.4 Å². The fourth-order valence-corrected chi connectivity index (χ4v) is 1.65. The molecule has 0 aromatic carbocycles.